The van der Waals surface area contributed by atoms with Crippen LogP contribution in [0.1, 0.15) is 33.6 Å². The predicted octanol–water partition coefficient (Wildman–Crippen LogP) is 0.359. The molecular weight excluding hydrogens is 218 g/mol. The average Bonchev–Trinajstić information content (AvgIpc) is 2.35. The Morgan fingerprint density at radius 3 is 2.29 bits per heavy atom. The molecule has 100 valence electrons. The van der Waals surface area contributed by atoms with Crippen LogP contribution >= 0.6 is 0 Å². The van der Waals surface area contributed by atoms with Gasteiger partial charge in [0.15, 0.2) is 0 Å². The number of rotatable bonds is 8. The summed E-state index contributed by atoms with van der Waals surface area (Å²) in [6.45, 7) is 7.96. The quantitative estimate of drug-likeness (QED) is 0.605. The van der Waals surface area contributed by atoms with E-state index in [2.05, 4.69) is 10.6 Å². The van der Waals surface area contributed by atoms with Gasteiger partial charge in [0, 0.05) is 26.6 Å². The Morgan fingerprint density at radius 1 is 1.24 bits per heavy atom. The van der Waals surface area contributed by atoms with E-state index in [0.717, 1.165) is 19.5 Å². The van der Waals surface area contributed by atoms with Gasteiger partial charge in [-0.15, -0.1) is 0 Å². The molecular formula is C12H25N3O2. The highest BCUT2D eigenvalue weighted by molar-refractivity contribution is 5.81. The van der Waals surface area contributed by atoms with Crippen LogP contribution in [0.4, 0.5) is 0 Å². The summed E-state index contributed by atoms with van der Waals surface area (Å²) in [5.41, 5.74) is 0. The lowest BCUT2D eigenvalue weighted by atomic mass is 10.2. The number of likely N-dealkylation sites (N-methyl/N-ethyl adjacent to an activating group) is 1. The lowest BCUT2D eigenvalue weighted by molar-refractivity contribution is -0.132. The SMILES string of the molecule is CCN(CC)C(=O)C(C)NCCCC(=O)NC. The number of nitrogens with one attached hydrogen (secondary N) is 2. The van der Waals surface area contributed by atoms with Gasteiger partial charge in [-0.2, -0.15) is 0 Å². The normalized spacial score (nSPS) is 12.0. The molecule has 5 nitrogen and oxygen atoms in total. The van der Waals surface area contributed by atoms with Crippen LogP contribution in [-0.4, -0.2) is 49.4 Å². The van der Waals surface area contributed by atoms with Crippen molar-refractivity contribution in [2.45, 2.75) is 39.7 Å². The minimum atomic E-state index is -0.181. The molecule has 0 aliphatic heterocycles. The Hall–Kier alpha value is -1.10. The zero-order valence-corrected chi connectivity index (χ0v) is 11.4. The number of hydrogen-bond acceptors (Lipinski definition) is 3. The topological polar surface area (TPSA) is 61.4 Å². The van der Waals surface area contributed by atoms with Crippen LogP contribution in [0.15, 0.2) is 0 Å². The number of carbonyl (C=O) groups is 2. The third-order valence-electron chi connectivity index (χ3n) is 2.76. The summed E-state index contributed by atoms with van der Waals surface area (Å²) in [5, 5.41) is 5.71. The summed E-state index contributed by atoms with van der Waals surface area (Å²) in [6.07, 6.45) is 1.24. The predicted molar refractivity (Wildman–Crippen MR) is 68.7 cm³/mol. The summed E-state index contributed by atoms with van der Waals surface area (Å²) in [4.78, 5) is 24.7. The Bertz CT molecular complexity index is 240. The van der Waals surface area contributed by atoms with E-state index in [0.29, 0.717) is 13.0 Å². The molecule has 1 unspecified atom stereocenters. The molecule has 2 N–H and O–H groups in total. The van der Waals surface area contributed by atoms with Gasteiger partial charge in [-0.25, -0.2) is 0 Å². The van der Waals surface area contributed by atoms with Gasteiger partial charge in [-0.05, 0) is 33.7 Å². The largest absolute Gasteiger partial charge is 0.359 e. The van der Waals surface area contributed by atoms with E-state index in [1.807, 2.05) is 20.8 Å². The van der Waals surface area contributed by atoms with E-state index in [4.69, 9.17) is 0 Å². The number of hydrogen-bond donors (Lipinski definition) is 2. The van der Waals surface area contributed by atoms with E-state index in [-0.39, 0.29) is 17.9 Å². The van der Waals surface area contributed by atoms with Gasteiger partial charge in [-0.3, -0.25) is 9.59 Å². The first-order chi connectivity index (χ1) is 8.06. The van der Waals surface area contributed by atoms with Gasteiger partial charge in [0.25, 0.3) is 0 Å². The second-order valence-corrected chi connectivity index (χ2v) is 3.96. The van der Waals surface area contributed by atoms with Crippen molar-refractivity contribution < 1.29 is 9.59 Å². The Kier molecular flexibility index (Phi) is 8.40. The minimum Gasteiger partial charge on any atom is -0.359 e. The van der Waals surface area contributed by atoms with Crippen LogP contribution in [0.25, 0.3) is 0 Å². The van der Waals surface area contributed by atoms with Gasteiger partial charge in [0.05, 0.1) is 6.04 Å². The molecule has 0 aromatic heterocycles. The van der Waals surface area contributed by atoms with E-state index in [9.17, 15) is 9.59 Å². The second kappa shape index (κ2) is 8.98. The fraction of sp³-hybridized carbons (Fsp3) is 0.833. The number of nitrogens with zero attached hydrogens (tertiary/aromatic N) is 1. The van der Waals surface area contributed by atoms with E-state index in [1.54, 1.807) is 11.9 Å². The zero-order chi connectivity index (χ0) is 13.3. The molecule has 0 heterocycles. The van der Waals surface area contributed by atoms with Crippen LogP contribution in [0.3, 0.4) is 0 Å². The molecule has 1 atom stereocenters. The molecule has 0 rings (SSSR count). The highest BCUT2D eigenvalue weighted by atomic mass is 16.2. The fourth-order valence-corrected chi connectivity index (χ4v) is 1.59. The summed E-state index contributed by atoms with van der Waals surface area (Å²) in [7, 11) is 1.63. The van der Waals surface area contributed by atoms with Crippen molar-refractivity contribution >= 4 is 11.8 Å². The van der Waals surface area contributed by atoms with Crippen molar-refractivity contribution in [2.24, 2.45) is 0 Å². The molecule has 0 fully saturated rings. The first kappa shape index (κ1) is 15.9. The van der Waals surface area contributed by atoms with Crippen molar-refractivity contribution in [3.05, 3.63) is 0 Å². The van der Waals surface area contributed by atoms with Crippen LogP contribution in [0.5, 0.6) is 0 Å². The molecule has 0 aliphatic carbocycles. The molecule has 0 aromatic rings. The maximum absolute atomic E-state index is 11.9. The van der Waals surface area contributed by atoms with Crippen LogP contribution < -0.4 is 10.6 Å². The van der Waals surface area contributed by atoms with Crippen molar-refractivity contribution in [1.29, 1.82) is 0 Å². The molecule has 0 aromatic carbocycles. The van der Waals surface area contributed by atoms with Gasteiger partial charge < -0.3 is 15.5 Å². The molecule has 0 saturated heterocycles. The third kappa shape index (κ3) is 6.26. The summed E-state index contributed by atoms with van der Waals surface area (Å²) < 4.78 is 0. The van der Waals surface area contributed by atoms with Crippen molar-refractivity contribution in [3.8, 4) is 0 Å². The molecule has 0 bridgehead atoms. The van der Waals surface area contributed by atoms with Crippen LogP contribution in [0.2, 0.25) is 0 Å². The summed E-state index contributed by atoms with van der Waals surface area (Å²) in [6, 6.07) is -0.181. The number of amides is 2. The Balaban J connectivity index is 3.81. The smallest absolute Gasteiger partial charge is 0.239 e. The van der Waals surface area contributed by atoms with E-state index >= 15 is 0 Å². The van der Waals surface area contributed by atoms with E-state index < -0.39 is 0 Å². The molecule has 17 heavy (non-hydrogen) atoms. The van der Waals surface area contributed by atoms with E-state index in [1.165, 1.54) is 0 Å². The zero-order valence-electron chi connectivity index (χ0n) is 11.4. The molecule has 0 saturated carbocycles. The van der Waals surface area contributed by atoms with Crippen molar-refractivity contribution in [2.75, 3.05) is 26.7 Å². The van der Waals surface area contributed by atoms with Crippen molar-refractivity contribution in [1.82, 2.24) is 15.5 Å². The first-order valence-electron chi connectivity index (χ1n) is 6.29. The molecule has 0 radical (unpaired) electrons. The van der Waals surface area contributed by atoms with Crippen molar-refractivity contribution in [3.63, 3.8) is 0 Å². The fourth-order valence-electron chi connectivity index (χ4n) is 1.59. The maximum atomic E-state index is 11.9. The lowest BCUT2D eigenvalue weighted by Gasteiger charge is -2.23. The third-order valence-corrected chi connectivity index (χ3v) is 2.76. The summed E-state index contributed by atoms with van der Waals surface area (Å²) >= 11 is 0. The van der Waals surface area contributed by atoms with Gasteiger partial charge in [0.2, 0.25) is 11.8 Å². The highest BCUT2D eigenvalue weighted by Gasteiger charge is 2.16. The monoisotopic (exact) mass is 243 g/mol. The number of carbonyl (C=O) groups excluding carboxylic acids is 2. The Morgan fingerprint density at radius 2 is 1.82 bits per heavy atom. The highest BCUT2D eigenvalue weighted by Crippen LogP contribution is 1.95. The maximum Gasteiger partial charge on any atom is 0.239 e. The average molecular weight is 243 g/mol. The molecule has 0 spiro atoms. The second-order valence-electron chi connectivity index (χ2n) is 3.96. The Labute approximate surface area is 104 Å². The molecule has 5 heteroatoms. The van der Waals surface area contributed by atoms with Gasteiger partial charge in [-0.1, -0.05) is 0 Å². The van der Waals surface area contributed by atoms with Gasteiger partial charge >= 0.3 is 0 Å². The first-order valence-corrected chi connectivity index (χ1v) is 6.29. The minimum absolute atomic E-state index is 0.0366. The van der Waals surface area contributed by atoms with Crippen LogP contribution in [0, 0.1) is 0 Å². The molecule has 2 amide bonds. The lowest BCUT2D eigenvalue weighted by Crippen LogP contribution is -2.45. The van der Waals surface area contributed by atoms with Gasteiger partial charge in [0.1, 0.15) is 0 Å². The van der Waals surface area contributed by atoms with Crippen LogP contribution in [-0.2, 0) is 9.59 Å². The molecule has 0 aliphatic rings. The summed E-state index contributed by atoms with van der Waals surface area (Å²) in [5.74, 6) is 0.157. The standard InChI is InChI=1S/C12H25N3O2/c1-5-15(6-2)12(17)10(3)14-9-7-8-11(16)13-4/h10,14H,5-9H2,1-4H3,(H,13,16).